The van der Waals surface area contributed by atoms with E-state index in [-0.39, 0.29) is 0 Å². The maximum atomic E-state index is 5.58. The highest BCUT2D eigenvalue weighted by molar-refractivity contribution is 7.97. The normalized spacial score (nSPS) is 23.8. The molecule has 1 aromatic carbocycles. The van der Waals surface area contributed by atoms with Crippen molar-refractivity contribution in [3.63, 3.8) is 0 Å². The molecule has 6 heteroatoms. The van der Waals surface area contributed by atoms with Crippen LogP contribution in [-0.2, 0) is 4.74 Å². The number of benzene rings is 1. The quantitative estimate of drug-likeness (QED) is 0.870. The molecular formula is C17H20N4OS. The van der Waals surface area contributed by atoms with E-state index in [1.54, 1.807) is 0 Å². The van der Waals surface area contributed by atoms with Crippen molar-refractivity contribution in [2.75, 3.05) is 31.2 Å². The maximum absolute atomic E-state index is 5.58. The molecule has 2 heterocycles. The van der Waals surface area contributed by atoms with E-state index >= 15 is 0 Å². The van der Waals surface area contributed by atoms with Crippen LogP contribution in [0.3, 0.4) is 0 Å². The Bertz CT molecular complexity index is 673. The third kappa shape index (κ3) is 3.20. The lowest BCUT2D eigenvalue weighted by Crippen LogP contribution is -2.37. The Labute approximate surface area is 140 Å². The zero-order valence-corrected chi connectivity index (χ0v) is 13.7. The number of nitrogens with zero attached hydrogens (tertiary/aromatic N) is 3. The van der Waals surface area contributed by atoms with Crippen molar-refractivity contribution in [2.45, 2.75) is 23.2 Å². The SMILES string of the molecule is NSc1ccc(C2CC2c2ccnc(N3CCOCC3)n2)cc1. The predicted molar refractivity (Wildman–Crippen MR) is 91.6 cm³/mol. The second-order valence-electron chi connectivity index (χ2n) is 6.02. The molecule has 5 nitrogen and oxygen atoms in total. The first-order chi connectivity index (χ1) is 11.3. The average molecular weight is 328 g/mol. The highest BCUT2D eigenvalue weighted by atomic mass is 32.2. The molecule has 2 aliphatic rings. The van der Waals surface area contributed by atoms with Crippen LogP contribution >= 0.6 is 11.9 Å². The summed E-state index contributed by atoms with van der Waals surface area (Å²) in [7, 11) is 0. The highest BCUT2D eigenvalue weighted by Crippen LogP contribution is 2.54. The van der Waals surface area contributed by atoms with Crippen molar-refractivity contribution in [1.82, 2.24) is 9.97 Å². The summed E-state index contributed by atoms with van der Waals surface area (Å²) in [5.41, 5.74) is 2.53. The van der Waals surface area contributed by atoms with Crippen LogP contribution in [0.4, 0.5) is 5.95 Å². The Morgan fingerprint density at radius 3 is 2.61 bits per heavy atom. The zero-order chi connectivity index (χ0) is 15.6. The first kappa shape index (κ1) is 14.9. The van der Waals surface area contributed by atoms with Gasteiger partial charge in [0.2, 0.25) is 5.95 Å². The molecule has 0 amide bonds. The number of rotatable bonds is 4. The molecule has 0 radical (unpaired) electrons. The molecule has 1 aromatic heterocycles. The van der Waals surface area contributed by atoms with Gasteiger partial charge in [0.25, 0.3) is 0 Å². The molecule has 2 unspecified atom stereocenters. The fourth-order valence-corrected chi connectivity index (χ4v) is 3.46. The monoisotopic (exact) mass is 328 g/mol. The topological polar surface area (TPSA) is 64.3 Å². The largest absolute Gasteiger partial charge is 0.378 e. The third-order valence-electron chi connectivity index (χ3n) is 4.57. The molecule has 4 rings (SSSR count). The lowest BCUT2D eigenvalue weighted by atomic mass is 10.1. The van der Waals surface area contributed by atoms with E-state index in [1.807, 2.05) is 6.20 Å². The summed E-state index contributed by atoms with van der Waals surface area (Å²) in [6.07, 6.45) is 3.05. The van der Waals surface area contributed by atoms with Crippen molar-refractivity contribution in [3.8, 4) is 0 Å². The summed E-state index contributed by atoms with van der Waals surface area (Å²) in [6, 6.07) is 10.6. The number of aromatic nitrogens is 2. The van der Waals surface area contributed by atoms with E-state index in [0.717, 1.165) is 49.3 Å². The van der Waals surface area contributed by atoms with E-state index in [9.17, 15) is 0 Å². The molecule has 2 N–H and O–H groups in total. The first-order valence-electron chi connectivity index (χ1n) is 7.97. The molecule has 120 valence electrons. The van der Waals surface area contributed by atoms with Crippen LogP contribution in [0, 0.1) is 0 Å². The smallest absolute Gasteiger partial charge is 0.225 e. The van der Waals surface area contributed by atoms with Crippen LogP contribution in [0.25, 0.3) is 0 Å². The summed E-state index contributed by atoms with van der Waals surface area (Å²) in [5.74, 6) is 1.92. The number of nitrogens with two attached hydrogens (primary N) is 1. The standard InChI is InChI=1S/C17H20N4OS/c18-23-13-3-1-12(2-4-13)14-11-15(14)16-5-6-19-17(20-16)21-7-9-22-10-8-21/h1-6,14-15H,7-11,18H2. The Morgan fingerprint density at radius 2 is 1.87 bits per heavy atom. The highest BCUT2D eigenvalue weighted by Gasteiger charge is 2.40. The molecular weight excluding hydrogens is 308 g/mol. The summed E-state index contributed by atoms with van der Waals surface area (Å²) >= 11 is 1.29. The number of morpholine rings is 1. The van der Waals surface area contributed by atoms with Crippen LogP contribution in [0.15, 0.2) is 41.4 Å². The van der Waals surface area contributed by atoms with Gasteiger partial charge in [0.15, 0.2) is 0 Å². The van der Waals surface area contributed by atoms with Crippen molar-refractivity contribution >= 4 is 17.9 Å². The molecule has 2 aromatic rings. The molecule has 2 fully saturated rings. The van der Waals surface area contributed by atoms with Gasteiger partial charge in [-0.3, -0.25) is 5.14 Å². The van der Waals surface area contributed by atoms with Crippen LogP contribution in [0.5, 0.6) is 0 Å². The molecule has 1 aliphatic carbocycles. The lowest BCUT2D eigenvalue weighted by molar-refractivity contribution is 0.122. The van der Waals surface area contributed by atoms with Crippen LogP contribution in [0.2, 0.25) is 0 Å². The van der Waals surface area contributed by atoms with Gasteiger partial charge in [0.05, 0.1) is 13.2 Å². The van der Waals surface area contributed by atoms with Crippen molar-refractivity contribution < 1.29 is 4.74 Å². The molecule has 23 heavy (non-hydrogen) atoms. The van der Waals surface area contributed by atoms with Gasteiger partial charge >= 0.3 is 0 Å². The van der Waals surface area contributed by atoms with Crippen LogP contribution in [-0.4, -0.2) is 36.3 Å². The van der Waals surface area contributed by atoms with Gasteiger partial charge in [-0.25, -0.2) is 9.97 Å². The number of anilines is 1. The predicted octanol–water partition coefficient (Wildman–Crippen LogP) is 2.55. The van der Waals surface area contributed by atoms with Crippen molar-refractivity contribution in [2.24, 2.45) is 5.14 Å². The van der Waals surface area contributed by atoms with Gasteiger partial charge in [-0.05, 0) is 48.0 Å². The van der Waals surface area contributed by atoms with Gasteiger partial charge in [-0.2, -0.15) is 0 Å². The fraction of sp³-hybridized carbons (Fsp3) is 0.412. The van der Waals surface area contributed by atoms with E-state index in [0.29, 0.717) is 11.8 Å². The minimum atomic E-state index is 0.508. The fourth-order valence-electron chi connectivity index (χ4n) is 3.17. The summed E-state index contributed by atoms with van der Waals surface area (Å²) in [4.78, 5) is 12.5. The van der Waals surface area contributed by atoms with Crippen molar-refractivity contribution in [1.29, 1.82) is 0 Å². The number of hydrogen-bond acceptors (Lipinski definition) is 6. The average Bonchev–Trinajstić information content (AvgIpc) is 3.43. The summed E-state index contributed by atoms with van der Waals surface area (Å²) in [5, 5.41) is 5.58. The number of ether oxygens (including phenoxy) is 1. The second kappa shape index (κ2) is 6.47. The summed E-state index contributed by atoms with van der Waals surface area (Å²) in [6.45, 7) is 3.25. The Hall–Kier alpha value is -1.63. The Morgan fingerprint density at radius 1 is 1.09 bits per heavy atom. The van der Waals surface area contributed by atoms with Gasteiger partial charge in [0.1, 0.15) is 0 Å². The first-order valence-corrected chi connectivity index (χ1v) is 8.85. The molecule has 0 bridgehead atoms. The molecule has 2 atom stereocenters. The molecule has 1 aliphatic heterocycles. The maximum Gasteiger partial charge on any atom is 0.225 e. The third-order valence-corrected chi connectivity index (χ3v) is 5.12. The van der Waals surface area contributed by atoms with E-state index in [4.69, 9.17) is 14.9 Å². The van der Waals surface area contributed by atoms with Crippen molar-refractivity contribution in [3.05, 3.63) is 47.8 Å². The second-order valence-corrected chi connectivity index (χ2v) is 6.72. The lowest BCUT2D eigenvalue weighted by Gasteiger charge is -2.26. The molecule has 1 saturated carbocycles. The minimum Gasteiger partial charge on any atom is -0.378 e. The van der Waals surface area contributed by atoms with Gasteiger partial charge in [-0.15, -0.1) is 0 Å². The van der Waals surface area contributed by atoms with Crippen LogP contribution < -0.4 is 10.0 Å². The van der Waals surface area contributed by atoms with Gasteiger partial charge < -0.3 is 9.64 Å². The summed E-state index contributed by atoms with van der Waals surface area (Å²) < 4.78 is 5.40. The minimum absolute atomic E-state index is 0.508. The molecule has 0 spiro atoms. The van der Waals surface area contributed by atoms with Gasteiger partial charge in [-0.1, -0.05) is 12.1 Å². The van der Waals surface area contributed by atoms with Crippen LogP contribution in [0.1, 0.15) is 29.5 Å². The zero-order valence-electron chi connectivity index (χ0n) is 12.9. The number of hydrogen-bond donors (Lipinski definition) is 1. The van der Waals surface area contributed by atoms with E-state index in [1.165, 1.54) is 17.5 Å². The molecule has 1 saturated heterocycles. The Kier molecular flexibility index (Phi) is 4.20. The van der Waals surface area contributed by atoms with E-state index in [2.05, 4.69) is 40.2 Å². The van der Waals surface area contributed by atoms with Gasteiger partial charge in [0, 0.05) is 35.8 Å². The Balaban J connectivity index is 1.48. The van der Waals surface area contributed by atoms with E-state index < -0.39 is 0 Å².